The first-order chi connectivity index (χ1) is 13.2. The summed E-state index contributed by atoms with van der Waals surface area (Å²) in [5.74, 6) is -0.918. The van der Waals surface area contributed by atoms with Crippen molar-refractivity contribution < 1.29 is 33.0 Å². The molecule has 1 aliphatic rings. The van der Waals surface area contributed by atoms with E-state index in [4.69, 9.17) is 9.63 Å². The minimum Gasteiger partial charge on any atom is -0.394 e. The topological polar surface area (TPSA) is 169 Å². The number of aliphatic hydroxyl groups is 1. The van der Waals surface area contributed by atoms with E-state index in [1.54, 1.807) is 13.8 Å². The van der Waals surface area contributed by atoms with Gasteiger partial charge < -0.3 is 19.3 Å². The number of rotatable bonds is 6. The number of hydrogen-bond acceptors (Lipinski definition) is 8. The van der Waals surface area contributed by atoms with Crippen molar-refractivity contribution in [3.63, 3.8) is 0 Å². The Morgan fingerprint density at radius 3 is 2.89 bits per heavy atom. The second-order valence-electron chi connectivity index (χ2n) is 6.42. The molecule has 1 aliphatic heterocycles. The molecular weight excluding hydrogens is 400 g/mol. The summed E-state index contributed by atoms with van der Waals surface area (Å²) < 4.78 is 36.9. The Labute approximate surface area is 157 Å². The van der Waals surface area contributed by atoms with Crippen LogP contribution in [0.15, 0.2) is 11.1 Å². The molecule has 0 radical (unpaired) electrons. The number of H-pyrrole nitrogens is 1. The lowest BCUT2D eigenvalue weighted by Gasteiger charge is -2.16. The maximum Gasteiger partial charge on any atom is 0.317 e. The molecule has 5 atom stereocenters. The van der Waals surface area contributed by atoms with Crippen molar-refractivity contribution in [1.29, 1.82) is 0 Å². The molecule has 12 nitrogen and oxygen atoms in total. The van der Waals surface area contributed by atoms with Gasteiger partial charge in [-0.1, -0.05) is 13.8 Å². The van der Waals surface area contributed by atoms with E-state index >= 15 is 0 Å². The van der Waals surface area contributed by atoms with E-state index in [1.807, 2.05) is 0 Å². The van der Waals surface area contributed by atoms with Gasteiger partial charge in [-0.15, -0.1) is 0 Å². The number of carbonyl (C=O) groups excluding carboxylic acids is 1. The number of hydrogen-bond donors (Lipinski definition) is 4. The molecule has 0 saturated carbocycles. The van der Waals surface area contributed by atoms with Crippen LogP contribution in [0.3, 0.4) is 0 Å². The molecule has 14 heteroatoms. The highest BCUT2D eigenvalue weighted by Gasteiger charge is 2.48. The van der Waals surface area contributed by atoms with Crippen LogP contribution in [0, 0.1) is 5.92 Å². The fraction of sp³-hybridized carbons (Fsp3) is 0.571. The van der Waals surface area contributed by atoms with E-state index in [0.29, 0.717) is 0 Å². The minimum absolute atomic E-state index is 0.0792. The van der Waals surface area contributed by atoms with Gasteiger partial charge in [0.2, 0.25) is 11.9 Å². The molecule has 3 rings (SSSR count). The van der Waals surface area contributed by atoms with Gasteiger partial charge in [0.1, 0.15) is 12.2 Å². The number of imidazole rings is 1. The average molecular weight is 419 g/mol. The predicted molar refractivity (Wildman–Crippen MR) is 93.6 cm³/mol. The van der Waals surface area contributed by atoms with Crippen molar-refractivity contribution in [2.45, 2.75) is 38.5 Å². The van der Waals surface area contributed by atoms with E-state index in [-0.39, 0.29) is 23.0 Å². The second-order valence-corrected chi connectivity index (χ2v) is 7.19. The molecule has 1 saturated heterocycles. The van der Waals surface area contributed by atoms with Gasteiger partial charge in [0, 0.05) is 5.92 Å². The fourth-order valence-electron chi connectivity index (χ4n) is 2.75. The van der Waals surface area contributed by atoms with Gasteiger partial charge in [0.25, 0.3) is 5.56 Å². The van der Waals surface area contributed by atoms with Crippen LogP contribution in [0.25, 0.3) is 11.2 Å². The summed E-state index contributed by atoms with van der Waals surface area (Å²) >= 11 is 0. The number of amides is 1. The molecule has 2 aromatic rings. The fourth-order valence-corrected chi connectivity index (χ4v) is 3.27. The third-order valence-corrected chi connectivity index (χ3v) is 4.63. The van der Waals surface area contributed by atoms with Crippen molar-refractivity contribution in [2.24, 2.45) is 5.92 Å². The van der Waals surface area contributed by atoms with E-state index in [9.17, 15) is 23.7 Å². The highest BCUT2D eigenvalue weighted by atomic mass is 31.1. The molecule has 1 amide bonds. The quantitative estimate of drug-likeness (QED) is 0.460. The van der Waals surface area contributed by atoms with Crippen LogP contribution in [0.1, 0.15) is 20.1 Å². The van der Waals surface area contributed by atoms with Crippen LogP contribution in [-0.2, 0) is 18.6 Å². The Hall–Kier alpha value is -2.18. The number of alkyl halides is 1. The molecule has 2 aromatic heterocycles. The zero-order valence-corrected chi connectivity index (χ0v) is 15.8. The van der Waals surface area contributed by atoms with Crippen LogP contribution in [0.5, 0.6) is 0 Å². The van der Waals surface area contributed by atoms with E-state index in [2.05, 4.69) is 24.8 Å². The maximum absolute atomic E-state index is 14.8. The van der Waals surface area contributed by atoms with Gasteiger partial charge in [-0.3, -0.25) is 29.0 Å². The molecule has 3 heterocycles. The number of fused-ring (bicyclic) bond motifs is 1. The lowest BCUT2D eigenvalue weighted by atomic mass is 10.1. The number of nitrogens with zero attached hydrogens (tertiary/aromatic N) is 3. The Balaban J connectivity index is 1.99. The van der Waals surface area contributed by atoms with Crippen LogP contribution in [0.2, 0.25) is 0 Å². The second kappa shape index (κ2) is 8.05. The van der Waals surface area contributed by atoms with Crippen LogP contribution in [-0.4, -0.2) is 60.4 Å². The predicted octanol–water partition coefficient (Wildman–Crippen LogP) is -0.291. The lowest BCUT2D eigenvalue weighted by Crippen LogP contribution is -2.32. The zero-order chi connectivity index (χ0) is 20.6. The summed E-state index contributed by atoms with van der Waals surface area (Å²) in [6, 6.07) is 0. The Bertz CT molecular complexity index is 963. The van der Waals surface area contributed by atoms with E-state index in [0.717, 1.165) is 10.9 Å². The zero-order valence-electron chi connectivity index (χ0n) is 14.8. The normalized spacial score (nSPS) is 26.1. The first-order valence-electron chi connectivity index (χ1n) is 8.30. The number of anilines is 1. The number of aliphatic hydroxyl groups excluding tert-OH is 1. The third-order valence-electron chi connectivity index (χ3n) is 4.16. The van der Waals surface area contributed by atoms with Crippen LogP contribution in [0.4, 0.5) is 10.3 Å². The van der Waals surface area contributed by atoms with Crippen LogP contribution < -0.4 is 10.9 Å². The molecule has 1 fully saturated rings. The number of carbonyl (C=O) groups is 1. The van der Waals surface area contributed by atoms with Gasteiger partial charge in [0.05, 0.1) is 12.9 Å². The smallest absolute Gasteiger partial charge is 0.317 e. The summed E-state index contributed by atoms with van der Waals surface area (Å²) in [7, 11) is -3.48. The summed E-state index contributed by atoms with van der Waals surface area (Å²) in [4.78, 5) is 43.3. The number of halogens is 1. The summed E-state index contributed by atoms with van der Waals surface area (Å²) in [5, 5.41) is 11.8. The molecular formula is C14H19FN5O7P. The van der Waals surface area contributed by atoms with Crippen molar-refractivity contribution in [1.82, 2.24) is 19.5 Å². The SMILES string of the molecule is CC(C)C(=O)Nc1nc2c(ncn2[C@@H]2O[C@H](CO)[C@@H](O[PH](=O)O)[C@H]2F)c(=O)[nH]1. The van der Waals surface area contributed by atoms with E-state index in [1.165, 1.54) is 0 Å². The molecule has 0 spiro atoms. The van der Waals surface area contributed by atoms with Gasteiger partial charge in [-0.05, 0) is 0 Å². The van der Waals surface area contributed by atoms with Crippen molar-refractivity contribution in [3.8, 4) is 0 Å². The van der Waals surface area contributed by atoms with Crippen molar-refractivity contribution in [2.75, 3.05) is 11.9 Å². The van der Waals surface area contributed by atoms with Crippen LogP contribution >= 0.6 is 8.25 Å². The maximum atomic E-state index is 14.8. The number of nitrogens with one attached hydrogen (secondary N) is 2. The monoisotopic (exact) mass is 419 g/mol. The van der Waals surface area contributed by atoms with E-state index < -0.39 is 50.9 Å². The molecule has 0 aromatic carbocycles. The minimum atomic E-state index is -3.48. The van der Waals surface area contributed by atoms with Gasteiger partial charge >= 0.3 is 8.25 Å². The summed E-state index contributed by atoms with van der Waals surface area (Å²) in [5.41, 5.74) is -0.869. The molecule has 4 N–H and O–H groups in total. The van der Waals surface area contributed by atoms with Gasteiger partial charge in [-0.25, -0.2) is 9.37 Å². The van der Waals surface area contributed by atoms with Gasteiger partial charge in [0.15, 0.2) is 23.6 Å². The Morgan fingerprint density at radius 2 is 2.29 bits per heavy atom. The molecule has 1 unspecified atom stereocenters. The number of aromatic amines is 1. The summed E-state index contributed by atoms with van der Waals surface area (Å²) in [6.07, 6.45) is -4.97. The molecule has 154 valence electrons. The highest BCUT2D eigenvalue weighted by molar-refractivity contribution is 7.32. The number of ether oxygens (including phenoxy) is 1. The molecule has 0 bridgehead atoms. The van der Waals surface area contributed by atoms with Crippen molar-refractivity contribution >= 4 is 31.3 Å². The van der Waals surface area contributed by atoms with Gasteiger partial charge in [-0.2, -0.15) is 4.98 Å². The largest absolute Gasteiger partial charge is 0.394 e. The Morgan fingerprint density at radius 1 is 1.57 bits per heavy atom. The lowest BCUT2D eigenvalue weighted by molar-refractivity contribution is -0.118. The van der Waals surface area contributed by atoms with Crippen molar-refractivity contribution in [3.05, 3.63) is 16.7 Å². The number of aromatic nitrogens is 4. The summed E-state index contributed by atoms with van der Waals surface area (Å²) in [6.45, 7) is 2.64. The molecule has 28 heavy (non-hydrogen) atoms. The first kappa shape index (κ1) is 20.6. The molecule has 0 aliphatic carbocycles. The standard InChI is InChI=1S/C14H19FN5O7P/c1-5(2)11(22)18-14-17-10-8(12(23)19-14)16-4-20(10)13-7(15)9(27-28(24)25)6(3-21)26-13/h4-7,9,13,21,28H,3H2,1-2H3,(H,24,25)(H2,17,18,19,22,23)/t6-,7-,9-,13-/m1/s1. The first-order valence-corrected chi connectivity index (χ1v) is 9.57. The highest BCUT2D eigenvalue weighted by Crippen LogP contribution is 2.38. The average Bonchev–Trinajstić information content (AvgIpc) is 3.16. The third kappa shape index (κ3) is 3.84. The Kier molecular flexibility index (Phi) is 5.91.